The largest absolute Gasteiger partial charge is 0.316 e. The van der Waals surface area contributed by atoms with E-state index < -0.39 is 0 Å². The van der Waals surface area contributed by atoms with Gasteiger partial charge in [-0.25, -0.2) is 4.39 Å². The third-order valence-corrected chi connectivity index (χ3v) is 3.64. The highest BCUT2D eigenvalue weighted by Gasteiger charge is 2.25. The van der Waals surface area contributed by atoms with Gasteiger partial charge in [-0.05, 0) is 55.1 Å². The van der Waals surface area contributed by atoms with Gasteiger partial charge in [0.2, 0.25) is 0 Å². The average molecular weight is 272 g/mol. The fourth-order valence-corrected chi connectivity index (χ4v) is 2.65. The van der Waals surface area contributed by atoms with E-state index in [0.29, 0.717) is 11.8 Å². The maximum absolute atomic E-state index is 13.7. The normalized spacial score (nSPS) is 26.6. The second kappa shape index (κ2) is 4.62. The second-order valence-electron chi connectivity index (χ2n) is 4.24. The lowest BCUT2D eigenvalue weighted by atomic mass is 9.82. The third kappa shape index (κ3) is 2.40. The molecule has 82 valence electrons. The van der Waals surface area contributed by atoms with E-state index >= 15 is 0 Å². The summed E-state index contributed by atoms with van der Waals surface area (Å²) in [7, 11) is 0. The van der Waals surface area contributed by atoms with Crippen LogP contribution in [-0.4, -0.2) is 13.1 Å². The molecule has 0 aromatic heterocycles. The van der Waals surface area contributed by atoms with Gasteiger partial charge in [-0.3, -0.25) is 0 Å². The minimum absolute atomic E-state index is 0.0723. The van der Waals surface area contributed by atoms with Crippen LogP contribution in [0.2, 0.25) is 0 Å². The van der Waals surface area contributed by atoms with Gasteiger partial charge in [0, 0.05) is 4.47 Å². The van der Waals surface area contributed by atoms with Gasteiger partial charge in [-0.1, -0.05) is 22.9 Å². The molecule has 0 saturated carbocycles. The molecule has 1 heterocycles. The van der Waals surface area contributed by atoms with E-state index in [4.69, 9.17) is 0 Å². The highest BCUT2D eigenvalue weighted by Crippen LogP contribution is 2.33. The van der Waals surface area contributed by atoms with Crippen molar-refractivity contribution < 1.29 is 4.39 Å². The highest BCUT2D eigenvalue weighted by molar-refractivity contribution is 9.10. The van der Waals surface area contributed by atoms with Gasteiger partial charge >= 0.3 is 0 Å². The van der Waals surface area contributed by atoms with Crippen molar-refractivity contribution in [2.75, 3.05) is 13.1 Å². The fraction of sp³-hybridized carbons (Fsp3) is 0.500. The predicted molar refractivity (Wildman–Crippen MR) is 63.5 cm³/mol. The van der Waals surface area contributed by atoms with Crippen LogP contribution in [0.1, 0.15) is 24.8 Å². The zero-order valence-electron chi connectivity index (χ0n) is 8.76. The van der Waals surface area contributed by atoms with Gasteiger partial charge in [-0.2, -0.15) is 0 Å². The molecule has 2 unspecified atom stereocenters. The Hall–Kier alpha value is -0.410. The van der Waals surface area contributed by atoms with Crippen LogP contribution in [0.3, 0.4) is 0 Å². The van der Waals surface area contributed by atoms with Gasteiger partial charge < -0.3 is 5.32 Å². The van der Waals surface area contributed by atoms with Crippen LogP contribution in [0.25, 0.3) is 0 Å². The minimum Gasteiger partial charge on any atom is -0.316 e. The maximum atomic E-state index is 13.7. The molecule has 1 aromatic rings. The van der Waals surface area contributed by atoms with Crippen LogP contribution in [-0.2, 0) is 0 Å². The summed E-state index contributed by atoms with van der Waals surface area (Å²) in [4.78, 5) is 0. The molecular formula is C12H15BrFN. The highest BCUT2D eigenvalue weighted by atomic mass is 79.9. The van der Waals surface area contributed by atoms with E-state index in [9.17, 15) is 4.39 Å². The molecule has 1 nitrogen and oxygen atoms in total. The van der Waals surface area contributed by atoms with Crippen molar-refractivity contribution in [2.45, 2.75) is 19.3 Å². The SMILES string of the molecule is CC1CNCCC1c1cc(Br)ccc1F. The second-order valence-corrected chi connectivity index (χ2v) is 5.16. The monoisotopic (exact) mass is 271 g/mol. The lowest BCUT2D eigenvalue weighted by Gasteiger charge is -2.30. The first kappa shape index (κ1) is 11.1. The zero-order chi connectivity index (χ0) is 10.8. The molecule has 1 fully saturated rings. The van der Waals surface area contributed by atoms with E-state index in [1.165, 1.54) is 0 Å². The van der Waals surface area contributed by atoms with Crippen LogP contribution in [0.15, 0.2) is 22.7 Å². The van der Waals surface area contributed by atoms with Crippen LogP contribution in [0, 0.1) is 11.7 Å². The minimum atomic E-state index is -0.0723. The number of hydrogen-bond donors (Lipinski definition) is 1. The molecule has 15 heavy (non-hydrogen) atoms. The average Bonchev–Trinajstić information content (AvgIpc) is 2.23. The van der Waals surface area contributed by atoms with E-state index in [1.54, 1.807) is 12.1 Å². The first-order valence-electron chi connectivity index (χ1n) is 5.34. The van der Waals surface area contributed by atoms with Crippen molar-refractivity contribution in [1.82, 2.24) is 5.32 Å². The summed E-state index contributed by atoms with van der Waals surface area (Å²) in [5, 5.41) is 3.33. The molecule has 0 aliphatic carbocycles. The number of benzene rings is 1. The van der Waals surface area contributed by atoms with Crippen molar-refractivity contribution in [3.8, 4) is 0 Å². The summed E-state index contributed by atoms with van der Waals surface area (Å²) in [6.45, 7) is 4.15. The van der Waals surface area contributed by atoms with Gasteiger partial charge in [0.1, 0.15) is 5.82 Å². The molecule has 0 amide bonds. The Morgan fingerprint density at radius 2 is 2.27 bits per heavy atom. The predicted octanol–water partition coefficient (Wildman–Crippen LogP) is 3.30. The molecule has 0 bridgehead atoms. The van der Waals surface area contributed by atoms with Crippen molar-refractivity contribution >= 4 is 15.9 Å². The Labute approximate surface area is 98.2 Å². The molecule has 1 aliphatic rings. The van der Waals surface area contributed by atoms with Crippen LogP contribution in [0.4, 0.5) is 4.39 Å². The molecular weight excluding hydrogens is 257 g/mol. The molecule has 2 atom stereocenters. The Morgan fingerprint density at radius 1 is 1.47 bits per heavy atom. The van der Waals surface area contributed by atoms with E-state index in [0.717, 1.165) is 29.5 Å². The Morgan fingerprint density at radius 3 is 3.00 bits per heavy atom. The van der Waals surface area contributed by atoms with E-state index in [2.05, 4.69) is 28.2 Å². The van der Waals surface area contributed by atoms with Crippen molar-refractivity contribution in [3.63, 3.8) is 0 Å². The lowest BCUT2D eigenvalue weighted by Crippen LogP contribution is -2.34. The summed E-state index contributed by atoms with van der Waals surface area (Å²) in [6, 6.07) is 5.22. The first-order valence-corrected chi connectivity index (χ1v) is 6.13. The smallest absolute Gasteiger partial charge is 0.126 e. The summed E-state index contributed by atoms with van der Waals surface area (Å²) in [6.07, 6.45) is 1.02. The first-order chi connectivity index (χ1) is 7.18. The van der Waals surface area contributed by atoms with Crippen molar-refractivity contribution in [2.24, 2.45) is 5.92 Å². The topological polar surface area (TPSA) is 12.0 Å². The van der Waals surface area contributed by atoms with E-state index in [-0.39, 0.29) is 5.82 Å². The number of piperidine rings is 1. The lowest BCUT2D eigenvalue weighted by molar-refractivity contribution is 0.341. The van der Waals surface area contributed by atoms with Gasteiger partial charge in [0.15, 0.2) is 0 Å². The van der Waals surface area contributed by atoms with Gasteiger partial charge in [0.05, 0.1) is 0 Å². The molecule has 0 spiro atoms. The number of halogens is 2. The maximum Gasteiger partial charge on any atom is 0.126 e. The molecule has 2 rings (SSSR count). The van der Waals surface area contributed by atoms with Gasteiger partial charge in [0.25, 0.3) is 0 Å². The van der Waals surface area contributed by atoms with Crippen LogP contribution >= 0.6 is 15.9 Å². The third-order valence-electron chi connectivity index (χ3n) is 3.14. The number of rotatable bonds is 1. The van der Waals surface area contributed by atoms with Crippen molar-refractivity contribution in [1.29, 1.82) is 0 Å². The molecule has 1 aromatic carbocycles. The molecule has 1 aliphatic heterocycles. The number of nitrogens with one attached hydrogen (secondary N) is 1. The van der Waals surface area contributed by atoms with E-state index in [1.807, 2.05) is 6.07 Å². The molecule has 1 N–H and O–H groups in total. The summed E-state index contributed by atoms with van der Waals surface area (Å²) in [5.41, 5.74) is 0.860. The fourth-order valence-electron chi connectivity index (χ4n) is 2.27. The summed E-state index contributed by atoms with van der Waals surface area (Å²) >= 11 is 3.40. The zero-order valence-corrected chi connectivity index (χ0v) is 10.3. The Balaban J connectivity index is 2.30. The summed E-state index contributed by atoms with van der Waals surface area (Å²) in [5.74, 6) is 0.781. The Bertz CT molecular complexity index is 353. The number of hydrogen-bond acceptors (Lipinski definition) is 1. The van der Waals surface area contributed by atoms with Crippen molar-refractivity contribution in [3.05, 3.63) is 34.1 Å². The Kier molecular flexibility index (Phi) is 3.42. The van der Waals surface area contributed by atoms with Gasteiger partial charge in [-0.15, -0.1) is 0 Å². The van der Waals surface area contributed by atoms with Crippen LogP contribution in [0.5, 0.6) is 0 Å². The molecule has 3 heteroatoms. The standard InChI is InChI=1S/C12H15BrFN/c1-8-7-15-5-4-10(8)11-6-9(13)2-3-12(11)14/h2-3,6,8,10,15H,4-5,7H2,1H3. The quantitative estimate of drug-likeness (QED) is 0.827. The molecule has 0 radical (unpaired) electrons. The molecule has 1 saturated heterocycles. The summed E-state index contributed by atoms with van der Waals surface area (Å²) < 4.78 is 14.6. The van der Waals surface area contributed by atoms with Crippen LogP contribution < -0.4 is 5.32 Å².